The van der Waals surface area contributed by atoms with Crippen LogP contribution in [0.1, 0.15) is 113 Å². The van der Waals surface area contributed by atoms with Crippen LogP contribution in [-0.4, -0.2) is 69.6 Å². The molecule has 3 N–H and O–H groups in total. The maximum atomic E-state index is 15.3. The summed E-state index contributed by atoms with van der Waals surface area (Å²) in [6.45, 7) is 10.0. The first-order valence-electron chi connectivity index (χ1n) is 21.2. The number of carbonyl (C=O) groups excluding carboxylic acids is 1. The van der Waals surface area contributed by atoms with Crippen molar-refractivity contribution in [3.63, 3.8) is 0 Å². The Bertz CT molecular complexity index is 2470. The van der Waals surface area contributed by atoms with E-state index in [2.05, 4.69) is 31.7 Å². The van der Waals surface area contributed by atoms with Crippen LogP contribution in [0.15, 0.2) is 60.4 Å². The summed E-state index contributed by atoms with van der Waals surface area (Å²) >= 11 is 0. The zero-order chi connectivity index (χ0) is 44.8. The molecule has 4 aliphatic rings. The van der Waals surface area contributed by atoms with Gasteiger partial charge in [0.1, 0.15) is 23.9 Å². The predicted molar refractivity (Wildman–Crippen MR) is 227 cm³/mol. The normalized spacial score (nSPS) is 19.4. The van der Waals surface area contributed by atoms with Crippen LogP contribution in [-0.2, 0) is 39.3 Å². The summed E-state index contributed by atoms with van der Waals surface area (Å²) in [5.74, 6) is -1.68. The smallest absolute Gasteiger partial charge is 0.417 e. The summed E-state index contributed by atoms with van der Waals surface area (Å²) in [4.78, 5) is 20.0. The summed E-state index contributed by atoms with van der Waals surface area (Å²) < 4.78 is 102. The van der Waals surface area contributed by atoms with E-state index in [1.807, 2.05) is 12.2 Å². The molecule has 0 fully saturated rings. The van der Waals surface area contributed by atoms with Gasteiger partial charge in [0.25, 0.3) is 10.1 Å². The Labute approximate surface area is 359 Å². The molecule has 0 saturated carbocycles. The van der Waals surface area contributed by atoms with Crippen molar-refractivity contribution in [2.24, 2.45) is 5.41 Å². The molecule has 1 atom stereocenters. The van der Waals surface area contributed by atoms with Gasteiger partial charge in [0.2, 0.25) is 17.4 Å². The van der Waals surface area contributed by atoms with E-state index in [0.29, 0.717) is 35.8 Å². The fourth-order valence-electron chi connectivity index (χ4n) is 9.33. The van der Waals surface area contributed by atoms with E-state index >= 15 is 4.39 Å². The zero-order valence-corrected chi connectivity index (χ0v) is 36.3. The van der Waals surface area contributed by atoms with Crippen LogP contribution >= 0.6 is 0 Å². The number of carbonyl (C=O) groups is 1. The Balaban J connectivity index is 1.28. The molecule has 1 unspecified atom stereocenters. The monoisotopic (exact) mass is 884 g/mol. The van der Waals surface area contributed by atoms with Crippen LogP contribution in [0.4, 0.5) is 28.9 Å². The number of anilines is 1. The number of alkyl halides is 3. The largest absolute Gasteiger partial charge is 0.492 e. The lowest BCUT2D eigenvalue weighted by Gasteiger charge is -2.40. The highest BCUT2D eigenvalue weighted by molar-refractivity contribution is 7.85. The Hall–Kier alpha value is -5.09. The molecular formula is C46H54F4N3O8S+. The summed E-state index contributed by atoms with van der Waals surface area (Å²) in [7, 11) is -4.33. The number of unbranched alkanes of at least 4 members (excludes halogenated alkanes) is 3. The molecule has 11 nitrogen and oxygen atoms in total. The number of ether oxygens (including phenoxy) is 1. The number of allylic oxidation sites excluding steroid dienone is 6. The first kappa shape index (κ1) is 44.9. The Morgan fingerprint density at radius 3 is 2.39 bits per heavy atom. The van der Waals surface area contributed by atoms with E-state index in [-0.39, 0.29) is 48.9 Å². The molecule has 0 radical (unpaired) electrons. The standard InChI is InChI=1S/C46H53F4N3O8S/c1-44(2,3)37-26-29(33-25-30-14-11-21-51-22-12-15-32(42(30)51)43(33)60-37)13-10-16-36-45(4,20-7-9-24-62(57,58)59)41-34(46(48,49)50)27-31(47)28-35(41)52(36)23-8-5-6-17-40(56)61-53-38(54)18-19-39(53)55/h10,13,16,18-19,25-28H,5-9,11-12,14-15,17,20-24H2,1-4H3,(H2-,54,55,57,58,59)/p+1. The lowest BCUT2D eigenvalue weighted by molar-refractivity contribution is -0.438. The van der Waals surface area contributed by atoms with Crippen LogP contribution in [0.5, 0.6) is 17.5 Å². The number of hydrogen-bond donors (Lipinski definition) is 3. The van der Waals surface area contributed by atoms with Crippen molar-refractivity contribution in [2.45, 2.75) is 110 Å². The molecule has 334 valence electrons. The van der Waals surface area contributed by atoms with E-state index in [1.54, 1.807) is 23.7 Å². The number of benzene rings is 2. The lowest BCUT2D eigenvalue weighted by atomic mass is 9.73. The maximum Gasteiger partial charge on any atom is 0.417 e. The van der Waals surface area contributed by atoms with Crippen LogP contribution in [0.3, 0.4) is 0 Å². The molecule has 0 saturated heterocycles. The SMILES string of the molecule is CC(C)(C)C1=CC(=CC=CC2=[N+](CCCCCC(=O)On3c(O)ccc3O)c3cc(F)cc(C(F)(F)F)c3C2(C)CCCCS(=O)(=O)O)c2cc3c4c(c2O1)CCCN4CCC3. The van der Waals surface area contributed by atoms with Gasteiger partial charge in [-0.1, -0.05) is 39.3 Å². The van der Waals surface area contributed by atoms with Crippen molar-refractivity contribution in [1.82, 2.24) is 4.73 Å². The molecule has 0 spiro atoms. The van der Waals surface area contributed by atoms with E-state index in [1.165, 1.54) is 16.8 Å². The van der Waals surface area contributed by atoms with Gasteiger partial charge in [-0.05, 0) is 87.6 Å². The Morgan fingerprint density at radius 2 is 1.71 bits per heavy atom. The van der Waals surface area contributed by atoms with Crippen LogP contribution < -0.4 is 14.5 Å². The van der Waals surface area contributed by atoms with Crippen molar-refractivity contribution in [1.29, 1.82) is 0 Å². The third kappa shape index (κ3) is 9.31. The quantitative estimate of drug-likeness (QED) is 0.0625. The topological polar surface area (TPSA) is 142 Å². The third-order valence-electron chi connectivity index (χ3n) is 12.2. The van der Waals surface area contributed by atoms with Crippen molar-refractivity contribution < 1.29 is 59.7 Å². The van der Waals surface area contributed by atoms with E-state index < -0.39 is 56.6 Å². The second-order valence-corrected chi connectivity index (χ2v) is 19.4. The van der Waals surface area contributed by atoms with Gasteiger partial charge in [0.15, 0.2) is 5.71 Å². The summed E-state index contributed by atoms with van der Waals surface area (Å²) in [5, 5.41) is 19.6. The van der Waals surface area contributed by atoms with Gasteiger partial charge in [0.05, 0.1) is 22.3 Å². The van der Waals surface area contributed by atoms with Crippen molar-refractivity contribution >= 4 is 38.7 Å². The van der Waals surface area contributed by atoms with E-state index in [0.717, 1.165) is 79.6 Å². The number of aromatic hydroxyl groups is 2. The Morgan fingerprint density at radius 1 is 1.00 bits per heavy atom. The second kappa shape index (κ2) is 17.2. The van der Waals surface area contributed by atoms with E-state index in [4.69, 9.17) is 9.57 Å². The molecule has 0 aliphatic carbocycles. The number of rotatable bonds is 14. The molecule has 1 aromatic heterocycles. The average molecular weight is 885 g/mol. The summed E-state index contributed by atoms with van der Waals surface area (Å²) in [6.07, 6.45) is 7.61. The number of nitrogens with zero attached hydrogens (tertiary/aromatic N) is 3. The molecule has 0 bridgehead atoms. The van der Waals surface area contributed by atoms with Gasteiger partial charge in [-0.2, -0.15) is 26.2 Å². The predicted octanol–water partition coefficient (Wildman–Crippen LogP) is 9.35. The molecular weight excluding hydrogens is 831 g/mol. The van der Waals surface area contributed by atoms with E-state index in [9.17, 15) is 41.1 Å². The number of fused-ring (bicyclic) bond motifs is 3. The molecule has 4 aliphatic heterocycles. The Kier molecular flexibility index (Phi) is 12.5. The fraction of sp³-hybridized carbons (Fsp3) is 0.478. The fourth-order valence-corrected chi connectivity index (χ4v) is 9.89. The minimum absolute atomic E-state index is 0.0107. The van der Waals surface area contributed by atoms with Crippen molar-refractivity contribution in [3.8, 4) is 17.5 Å². The number of hydrogen-bond acceptors (Lipinski definition) is 8. The molecule has 3 aromatic rings. The zero-order valence-electron chi connectivity index (χ0n) is 35.4. The van der Waals surface area contributed by atoms with Crippen LogP contribution in [0.25, 0.3) is 5.57 Å². The average Bonchev–Trinajstić information content (AvgIpc) is 3.62. The summed E-state index contributed by atoms with van der Waals surface area (Å²) in [5.41, 5.74) is 3.04. The number of halogens is 4. The number of aromatic nitrogens is 1. The molecule has 0 amide bonds. The molecule has 16 heteroatoms. The molecule has 62 heavy (non-hydrogen) atoms. The van der Waals surface area contributed by atoms with Gasteiger partial charge < -0.3 is 24.7 Å². The van der Waals surface area contributed by atoms with Crippen molar-refractivity contribution in [2.75, 3.05) is 30.3 Å². The number of aryl methyl sites for hydroxylation is 1. The first-order chi connectivity index (χ1) is 29.2. The highest BCUT2D eigenvalue weighted by Crippen LogP contribution is 2.51. The van der Waals surface area contributed by atoms with Crippen LogP contribution in [0, 0.1) is 11.2 Å². The third-order valence-corrected chi connectivity index (χ3v) is 13.0. The summed E-state index contributed by atoms with van der Waals surface area (Å²) in [6, 6.07) is 6.10. The maximum absolute atomic E-state index is 15.3. The molecule has 5 heterocycles. The molecule has 2 aromatic carbocycles. The second-order valence-electron chi connectivity index (χ2n) is 17.9. The lowest BCUT2D eigenvalue weighted by Crippen LogP contribution is -2.35. The molecule has 7 rings (SSSR count). The van der Waals surface area contributed by atoms with Gasteiger partial charge in [-0.15, -0.1) is 4.73 Å². The minimum Gasteiger partial charge on any atom is -0.492 e. The highest BCUT2D eigenvalue weighted by atomic mass is 32.2. The van der Waals surface area contributed by atoms with Gasteiger partial charge in [-0.3, -0.25) is 4.55 Å². The van der Waals surface area contributed by atoms with Gasteiger partial charge in [-0.25, -0.2) is 9.18 Å². The highest BCUT2D eigenvalue weighted by Gasteiger charge is 2.53. The van der Waals surface area contributed by atoms with Gasteiger partial charge in [0, 0.05) is 72.4 Å². The van der Waals surface area contributed by atoms with Gasteiger partial charge >= 0.3 is 12.1 Å². The van der Waals surface area contributed by atoms with Crippen LogP contribution in [0.2, 0.25) is 0 Å². The minimum atomic E-state index is -4.92. The first-order valence-corrected chi connectivity index (χ1v) is 22.8. The van der Waals surface area contributed by atoms with Crippen molar-refractivity contribution in [3.05, 3.63) is 94.0 Å².